The Bertz CT molecular complexity index is 677. The highest BCUT2D eigenvalue weighted by Gasteiger charge is 2.29. The van der Waals surface area contributed by atoms with Crippen molar-refractivity contribution in [2.24, 2.45) is 0 Å². The number of aryl methyl sites for hydroxylation is 2. The van der Waals surface area contributed by atoms with Gasteiger partial charge in [-0.15, -0.1) is 0 Å². The Morgan fingerprint density at radius 1 is 1.45 bits per heavy atom. The molecule has 1 N–H and O–H groups in total. The summed E-state index contributed by atoms with van der Waals surface area (Å²) in [4.78, 5) is 14.8. The molecule has 22 heavy (non-hydrogen) atoms. The van der Waals surface area contributed by atoms with Gasteiger partial charge in [0.15, 0.2) is 0 Å². The molecule has 1 atom stereocenters. The molecular formula is C15H21N5OS. The largest absolute Gasteiger partial charge is 0.378 e. The van der Waals surface area contributed by atoms with Gasteiger partial charge in [0.2, 0.25) is 0 Å². The van der Waals surface area contributed by atoms with Gasteiger partial charge >= 0.3 is 0 Å². The van der Waals surface area contributed by atoms with Crippen molar-refractivity contribution in [1.29, 1.82) is 0 Å². The van der Waals surface area contributed by atoms with E-state index in [9.17, 15) is 4.79 Å². The quantitative estimate of drug-likeness (QED) is 0.944. The normalized spacial score (nSPS) is 18.5. The predicted octanol–water partition coefficient (Wildman–Crippen LogP) is 2.48. The van der Waals surface area contributed by atoms with Crippen LogP contribution in [0.2, 0.25) is 0 Å². The van der Waals surface area contributed by atoms with Crippen molar-refractivity contribution >= 4 is 22.4 Å². The number of nitrogens with zero attached hydrogens (tertiary/aromatic N) is 4. The maximum absolute atomic E-state index is 12.9. The minimum atomic E-state index is 0.0733. The van der Waals surface area contributed by atoms with E-state index in [4.69, 9.17) is 0 Å². The Labute approximate surface area is 134 Å². The third-order valence-electron chi connectivity index (χ3n) is 4.09. The van der Waals surface area contributed by atoms with Crippen molar-refractivity contribution in [3.63, 3.8) is 0 Å². The zero-order chi connectivity index (χ0) is 15.7. The summed E-state index contributed by atoms with van der Waals surface area (Å²) in [5.74, 6) is 0.0733. The lowest BCUT2D eigenvalue weighted by molar-refractivity contribution is 0.0673. The number of likely N-dealkylation sites (tertiary alicyclic amines) is 1. The highest BCUT2D eigenvalue weighted by molar-refractivity contribution is 7.10. The lowest BCUT2D eigenvalue weighted by Gasteiger charge is -2.33. The molecule has 0 radical (unpaired) electrons. The number of hydrogen-bond donors (Lipinski definition) is 1. The van der Waals surface area contributed by atoms with E-state index >= 15 is 0 Å². The second-order valence-electron chi connectivity index (χ2n) is 5.77. The number of carbonyl (C=O) groups excluding carboxylic acids is 1. The van der Waals surface area contributed by atoms with Crippen LogP contribution in [0.1, 0.15) is 40.5 Å². The van der Waals surface area contributed by atoms with Gasteiger partial charge in [-0.25, -0.2) is 0 Å². The SMILES string of the molecule is CNc1snc(C)c1C(=O)N1CCC[C@@H](n2cc(C)cn2)C1. The van der Waals surface area contributed by atoms with Crippen molar-refractivity contribution in [3.8, 4) is 0 Å². The molecule has 0 saturated carbocycles. The molecule has 3 rings (SSSR count). The molecule has 0 spiro atoms. The number of carbonyl (C=O) groups is 1. The summed E-state index contributed by atoms with van der Waals surface area (Å²) in [6.07, 6.45) is 5.98. The van der Waals surface area contributed by atoms with E-state index in [0.29, 0.717) is 12.1 Å². The lowest BCUT2D eigenvalue weighted by atomic mass is 10.0. The van der Waals surface area contributed by atoms with Crippen molar-refractivity contribution in [2.45, 2.75) is 32.7 Å². The summed E-state index contributed by atoms with van der Waals surface area (Å²) in [7, 11) is 1.83. The van der Waals surface area contributed by atoms with Gasteiger partial charge in [-0.1, -0.05) is 0 Å². The Morgan fingerprint density at radius 2 is 2.27 bits per heavy atom. The molecule has 1 fully saturated rings. The van der Waals surface area contributed by atoms with E-state index in [1.165, 1.54) is 11.5 Å². The smallest absolute Gasteiger partial charge is 0.258 e. The first-order valence-electron chi connectivity index (χ1n) is 7.54. The fourth-order valence-corrected chi connectivity index (χ4v) is 3.68. The first-order valence-corrected chi connectivity index (χ1v) is 8.31. The molecule has 2 aromatic heterocycles. The number of piperidine rings is 1. The number of nitrogens with one attached hydrogen (secondary N) is 1. The standard InChI is InChI=1S/C15H21N5OS/c1-10-7-17-20(8-10)12-5-4-6-19(9-12)15(21)13-11(2)18-22-14(13)16-3/h7-8,12,16H,4-6,9H2,1-3H3/t12-/m1/s1. The van der Waals surface area contributed by atoms with Gasteiger partial charge in [-0.2, -0.15) is 9.47 Å². The summed E-state index contributed by atoms with van der Waals surface area (Å²) in [5.41, 5.74) is 2.67. The van der Waals surface area contributed by atoms with Gasteiger partial charge in [0.25, 0.3) is 5.91 Å². The summed E-state index contributed by atoms with van der Waals surface area (Å²) < 4.78 is 6.29. The third kappa shape index (κ3) is 2.72. The molecule has 3 heterocycles. The van der Waals surface area contributed by atoms with E-state index in [1.54, 1.807) is 0 Å². The zero-order valence-corrected chi connectivity index (χ0v) is 14.0. The first-order chi connectivity index (χ1) is 10.6. The van der Waals surface area contributed by atoms with E-state index < -0.39 is 0 Å². The van der Waals surface area contributed by atoms with Crippen molar-refractivity contribution < 1.29 is 4.79 Å². The number of rotatable bonds is 3. The van der Waals surface area contributed by atoms with Crippen LogP contribution in [-0.4, -0.2) is 45.1 Å². The van der Waals surface area contributed by atoms with Gasteiger partial charge in [0.1, 0.15) is 5.00 Å². The second-order valence-corrected chi connectivity index (χ2v) is 6.54. The van der Waals surface area contributed by atoms with Crippen LogP contribution in [0.4, 0.5) is 5.00 Å². The van der Waals surface area contributed by atoms with E-state index in [1.807, 2.05) is 36.7 Å². The fraction of sp³-hybridized carbons (Fsp3) is 0.533. The van der Waals surface area contributed by atoms with Crippen LogP contribution < -0.4 is 5.32 Å². The Hall–Kier alpha value is -1.89. The minimum Gasteiger partial charge on any atom is -0.378 e. The molecule has 6 nitrogen and oxygen atoms in total. The molecule has 1 aliphatic heterocycles. The molecule has 1 saturated heterocycles. The van der Waals surface area contributed by atoms with Gasteiger partial charge < -0.3 is 10.2 Å². The van der Waals surface area contributed by atoms with Crippen LogP contribution in [0.5, 0.6) is 0 Å². The topological polar surface area (TPSA) is 63.1 Å². The third-order valence-corrected chi connectivity index (χ3v) is 5.05. The zero-order valence-electron chi connectivity index (χ0n) is 13.2. The molecule has 2 aromatic rings. The summed E-state index contributed by atoms with van der Waals surface area (Å²) in [6, 6.07) is 0.260. The molecule has 1 aliphatic rings. The Morgan fingerprint density at radius 3 is 2.95 bits per heavy atom. The van der Waals surface area contributed by atoms with Crippen LogP contribution in [0.3, 0.4) is 0 Å². The average Bonchev–Trinajstić information content (AvgIpc) is 3.12. The molecular weight excluding hydrogens is 298 g/mol. The molecule has 0 unspecified atom stereocenters. The molecule has 0 aliphatic carbocycles. The number of anilines is 1. The van der Waals surface area contributed by atoms with E-state index in [2.05, 4.69) is 21.0 Å². The van der Waals surface area contributed by atoms with Crippen LogP contribution in [0.25, 0.3) is 0 Å². The second kappa shape index (κ2) is 6.08. The van der Waals surface area contributed by atoms with Gasteiger partial charge in [0, 0.05) is 26.3 Å². The highest BCUT2D eigenvalue weighted by atomic mass is 32.1. The van der Waals surface area contributed by atoms with E-state index in [0.717, 1.165) is 35.6 Å². The first kappa shape index (κ1) is 15.0. The number of amides is 1. The van der Waals surface area contributed by atoms with Crippen molar-refractivity contribution in [2.75, 3.05) is 25.5 Å². The molecule has 1 amide bonds. The van der Waals surface area contributed by atoms with E-state index in [-0.39, 0.29) is 11.9 Å². The van der Waals surface area contributed by atoms with Crippen molar-refractivity contribution in [3.05, 3.63) is 29.2 Å². The lowest BCUT2D eigenvalue weighted by Crippen LogP contribution is -2.41. The summed E-state index contributed by atoms with van der Waals surface area (Å²) >= 11 is 1.34. The maximum Gasteiger partial charge on any atom is 0.258 e. The number of hydrogen-bond acceptors (Lipinski definition) is 5. The van der Waals surface area contributed by atoms with Crippen LogP contribution in [0.15, 0.2) is 12.4 Å². The predicted molar refractivity (Wildman–Crippen MR) is 87.5 cm³/mol. The summed E-state index contributed by atoms with van der Waals surface area (Å²) in [6.45, 7) is 5.43. The maximum atomic E-state index is 12.9. The van der Waals surface area contributed by atoms with Gasteiger partial charge in [-0.3, -0.25) is 9.48 Å². The van der Waals surface area contributed by atoms with Crippen LogP contribution in [-0.2, 0) is 0 Å². The highest BCUT2D eigenvalue weighted by Crippen LogP contribution is 2.28. The average molecular weight is 319 g/mol. The molecule has 7 heteroatoms. The minimum absolute atomic E-state index is 0.0733. The molecule has 118 valence electrons. The van der Waals surface area contributed by atoms with Crippen LogP contribution in [0, 0.1) is 13.8 Å². The van der Waals surface area contributed by atoms with Gasteiger partial charge in [-0.05, 0) is 43.8 Å². The fourth-order valence-electron chi connectivity index (χ4n) is 2.94. The Kier molecular flexibility index (Phi) is 4.15. The number of aromatic nitrogens is 3. The van der Waals surface area contributed by atoms with Crippen LogP contribution >= 0.6 is 11.5 Å². The van der Waals surface area contributed by atoms with Crippen molar-refractivity contribution in [1.82, 2.24) is 19.1 Å². The molecule has 0 bridgehead atoms. The molecule has 0 aromatic carbocycles. The Balaban J connectivity index is 1.79. The van der Waals surface area contributed by atoms with Gasteiger partial charge in [0.05, 0.1) is 23.5 Å². The summed E-state index contributed by atoms with van der Waals surface area (Å²) in [5, 5.41) is 8.32. The monoisotopic (exact) mass is 319 g/mol.